The van der Waals surface area contributed by atoms with Crippen molar-refractivity contribution in [3.63, 3.8) is 0 Å². The zero-order chi connectivity index (χ0) is 18.7. The van der Waals surface area contributed by atoms with Crippen LogP contribution in [0.3, 0.4) is 0 Å². The minimum Gasteiger partial charge on any atom is -0.497 e. The molecule has 1 aliphatic carbocycles. The van der Waals surface area contributed by atoms with Gasteiger partial charge in [-0.3, -0.25) is 0 Å². The molecular formula is C21H26O5. The van der Waals surface area contributed by atoms with Crippen LogP contribution in [0.4, 0.5) is 0 Å². The van der Waals surface area contributed by atoms with Gasteiger partial charge in [0.1, 0.15) is 29.8 Å². The molecule has 3 rings (SSSR count). The molecule has 140 valence electrons. The average molecular weight is 358 g/mol. The first-order valence-electron chi connectivity index (χ1n) is 8.91. The van der Waals surface area contributed by atoms with Crippen molar-refractivity contribution in [2.75, 3.05) is 7.11 Å². The van der Waals surface area contributed by atoms with Gasteiger partial charge in [0.05, 0.1) is 13.2 Å². The van der Waals surface area contributed by atoms with Gasteiger partial charge in [-0.1, -0.05) is 37.3 Å². The van der Waals surface area contributed by atoms with Gasteiger partial charge in [-0.25, -0.2) is 0 Å². The van der Waals surface area contributed by atoms with Crippen molar-refractivity contribution in [1.29, 1.82) is 0 Å². The average Bonchev–Trinajstić information content (AvgIpc) is 2.66. The third-order valence-electron chi connectivity index (χ3n) is 5.07. The zero-order valence-corrected chi connectivity index (χ0v) is 15.1. The lowest BCUT2D eigenvalue weighted by Gasteiger charge is -2.39. The fourth-order valence-electron chi connectivity index (χ4n) is 3.41. The van der Waals surface area contributed by atoms with Gasteiger partial charge >= 0.3 is 0 Å². The standard InChI is InChI=1S/C21H26O5/c1-13-11-18(20(23)21(24)19(13)22)26-17-6-4-3-5-15(17)12-14-7-9-16(25-2)10-8-14/h3-10,13,18-24H,11-12H2,1-2H3/t13-,18+,19+,20-,21-/m0/s1. The maximum Gasteiger partial charge on any atom is 0.127 e. The second kappa shape index (κ2) is 8.08. The quantitative estimate of drug-likeness (QED) is 0.763. The fourth-order valence-corrected chi connectivity index (χ4v) is 3.41. The number of hydrogen-bond acceptors (Lipinski definition) is 5. The Bertz CT molecular complexity index is 715. The zero-order valence-electron chi connectivity index (χ0n) is 15.1. The molecule has 0 unspecified atom stereocenters. The Balaban J connectivity index is 1.76. The molecule has 0 aliphatic heterocycles. The van der Waals surface area contributed by atoms with Gasteiger partial charge in [0.25, 0.3) is 0 Å². The van der Waals surface area contributed by atoms with E-state index >= 15 is 0 Å². The van der Waals surface area contributed by atoms with Crippen LogP contribution in [0, 0.1) is 5.92 Å². The smallest absolute Gasteiger partial charge is 0.127 e. The first-order valence-corrected chi connectivity index (χ1v) is 8.91. The Morgan fingerprint density at radius 3 is 2.31 bits per heavy atom. The van der Waals surface area contributed by atoms with E-state index < -0.39 is 24.4 Å². The summed E-state index contributed by atoms with van der Waals surface area (Å²) in [4.78, 5) is 0. The molecule has 0 heterocycles. The summed E-state index contributed by atoms with van der Waals surface area (Å²) in [6.07, 6.45) is -2.63. The summed E-state index contributed by atoms with van der Waals surface area (Å²) in [5.74, 6) is 1.35. The fraction of sp³-hybridized carbons (Fsp3) is 0.429. The third kappa shape index (κ3) is 4.01. The number of hydrogen-bond donors (Lipinski definition) is 3. The molecule has 0 bridgehead atoms. The summed E-state index contributed by atoms with van der Waals surface area (Å²) in [5, 5.41) is 30.2. The van der Waals surface area contributed by atoms with E-state index in [1.54, 1.807) is 7.11 Å². The number of aliphatic hydroxyl groups is 3. The monoisotopic (exact) mass is 358 g/mol. The van der Waals surface area contributed by atoms with Crippen molar-refractivity contribution in [3.8, 4) is 11.5 Å². The molecule has 26 heavy (non-hydrogen) atoms. The Labute approximate surface area is 153 Å². The molecule has 1 aliphatic rings. The van der Waals surface area contributed by atoms with Gasteiger partial charge in [0.15, 0.2) is 0 Å². The molecule has 2 aromatic rings. The van der Waals surface area contributed by atoms with Gasteiger partial charge in [0.2, 0.25) is 0 Å². The summed E-state index contributed by atoms with van der Waals surface area (Å²) in [7, 11) is 1.64. The molecule has 0 saturated heterocycles. The van der Waals surface area contributed by atoms with Gasteiger partial charge in [0, 0.05) is 6.42 Å². The summed E-state index contributed by atoms with van der Waals surface area (Å²) < 4.78 is 11.2. The molecule has 0 aromatic heterocycles. The number of methoxy groups -OCH3 is 1. The van der Waals surface area contributed by atoms with Crippen molar-refractivity contribution in [2.24, 2.45) is 5.92 Å². The number of ether oxygens (including phenoxy) is 2. The summed E-state index contributed by atoms with van der Waals surface area (Å²) >= 11 is 0. The first kappa shape index (κ1) is 18.7. The largest absolute Gasteiger partial charge is 0.497 e. The van der Waals surface area contributed by atoms with Crippen LogP contribution in [0.25, 0.3) is 0 Å². The van der Waals surface area contributed by atoms with Crippen LogP contribution < -0.4 is 9.47 Å². The van der Waals surface area contributed by atoms with Crippen LogP contribution in [0.2, 0.25) is 0 Å². The van der Waals surface area contributed by atoms with Crippen LogP contribution in [0.15, 0.2) is 48.5 Å². The Morgan fingerprint density at radius 1 is 0.923 bits per heavy atom. The normalized spacial score (nSPS) is 28.6. The molecule has 2 aromatic carbocycles. The highest BCUT2D eigenvalue weighted by molar-refractivity contribution is 5.39. The molecule has 5 atom stereocenters. The van der Waals surface area contributed by atoms with Crippen molar-refractivity contribution >= 4 is 0 Å². The maximum absolute atomic E-state index is 10.3. The van der Waals surface area contributed by atoms with E-state index in [0.717, 1.165) is 16.9 Å². The van der Waals surface area contributed by atoms with Crippen LogP contribution in [0.1, 0.15) is 24.5 Å². The SMILES string of the molecule is COc1ccc(Cc2ccccc2O[C@@H]2C[C@H](C)[C@@H](O)[C@H](O)[C@H]2O)cc1. The second-order valence-electron chi connectivity index (χ2n) is 6.97. The predicted octanol–water partition coefficient (Wildman–Crippen LogP) is 2.16. The van der Waals surface area contributed by atoms with Gasteiger partial charge in [-0.2, -0.15) is 0 Å². The molecule has 1 fully saturated rings. The third-order valence-corrected chi connectivity index (χ3v) is 5.07. The highest BCUT2D eigenvalue weighted by Crippen LogP contribution is 2.31. The molecule has 1 saturated carbocycles. The van der Waals surface area contributed by atoms with Crippen LogP contribution >= 0.6 is 0 Å². The van der Waals surface area contributed by atoms with Gasteiger partial charge in [-0.05, 0) is 41.7 Å². The summed E-state index contributed by atoms with van der Waals surface area (Å²) in [5.41, 5.74) is 2.12. The summed E-state index contributed by atoms with van der Waals surface area (Å²) in [6.45, 7) is 1.85. The topological polar surface area (TPSA) is 79.2 Å². The second-order valence-corrected chi connectivity index (χ2v) is 6.97. The van der Waals surface area contributed by atoms with E-state index in [4.69, 9.17) is 9.47 Å². The lowest BCUT2D eigenvalue weighted by atomic mass is 9.82. The van der Waals surface area contributed by atoms with Gasteiger partial charge in [-0.15, -0.1) is 0 Å². The van der Waals surface area contributed by atoms with Crippen molar-refractivity contribution in [3.05, 3.63) is 59.7 Å². The molecule has 0 radical (unpaired) electrons. The highest BCUT2D eigenvalue weighted by Gasteiger charge is 2.42. The maximum atomic E-state index is 10.3. The van der Waals surface area contributed by atoms with Gasteiger partial charge < -0.3 is 24.8 Å². The predicted molar refractivity (Wildman–Crippen MR) is 98.5 cm³/mol. The number of para-hydroxylation sites is 1. The van der Waals surface area contributed by atoms with E-state index in [2.05, 4.69) is 0 Å². The van der Waals surface area contributed by atoms with Crippen LogP contribution in [-0.2, 0) is 6.42 Å². The van der Waals surface area contributed by atoms with Crippen LogP contribution in [-0.4, -0.2) is 46.8 Å². The number of rotatable bonds is 5. The van der Waals surface area contributed by atoms with E-state index in [-0.39, 0.29) is 5.92 Å². The molecule has 0 amide bonds. The van der Waals surface area contributed by atoms with Crippen molar-refractivity contribution in [2.45, 2.75) is 44.2 Å². The summed E-state index contributed by atoms with van der Waals surface area (Å²) in [6, 6.07) is 15.5. The Hall–Kier alpha value is -2.08. The first-order chi connectivity index (χ1) is 12.5. The number of benzene rings is 2. The minimum atomic E-state index is -1.20. The minimum absolute atomic E-state index is 0.146. The van der Waals surface area contributed by atoms with Crippen molar-refractivity contribution < 1.29 is 24.8 Å². The molecule has 5 nitrogen and oxygen atoms in total. The van der Waals surface area contributed by atoms with E-state index in [1.165, 1.54) is 0 Å². The van der Waals surface area contributed by atoms with E-state index in [9.17, 15) is 15.3 Å². The van der Waals surface area contributed by atoms with E-state index in [0.29, 0.717) is 18.6 Å². The van der Waals surface area contributed by atoms with Crippen LogP contribution in [0.5, 0.6) is 11.5 Å². The van der Waals surface area contributed by atoms with Crippen molar-refractivity contribution in [1.82, 2.24) is 0 Å². The lowest BCUT2D eigenvalue weighted by Crippen LogP contribution is -2.54. The lowest BCUT2D eigenvalue weighted by molar-refractivity contribution is -0.147. The van der Waals surface area contributed by atoms with E-state index in [1.807, 2.05) is 55.5 Å². The molecular weight excluding hydrogens is 332 g/mol. The number of aliphatic hydroxyl groups excluding tert-OH is 3. The molecule has 0 spiro atoms. The highest BCUT2D eigenvalue weighted by atomic mass is 16.5. The molecule has 5 heteroatoms. The Kier molecular flexibility index (Phi) is 5.81. The molecule has 3 N–H and O–H groups in total. The Morgan fingerprint density at radius 2 is 1.62 bits per heavy atom.